The maximum absolute atomic E-state index is 4.93. The molecule has 9 heteroatoms. The van der Waals surface area contributed by atoms with Crippen molar-refractivity contribution in [2.24, 2.45) is 0 Å². The standard InChI is InChI=1S/C27H31BrN8/c1-34-13-15-35(16-14-34)22-11-9-20(10-12-22)30-26-29-18-24-25(33-26)36(23-7-2-3-8-23)27(32-24)31-21-6-4-5-19(28)17-21/h4-6,9-12,17-18,23H,2-3,7-8,13-16H2,1H3,(H,31,32)(H,29,30,33). The molecule has 0 unspecified atom stereocenters. The van der Waals surface area contributed by atoms with Gasteiger partial charge in [0.15, 0.2) is 5.65 Å². The van der Waals surface area contributed by atoms with Crippen LogP contribution < -0.4 is 15.5 Å². The number of hydrogen-bond donors (Lipinski definition) is 2. The maximum Gasteiger partial charge on any atom is 0.229 e. The molecule has 1 aliphatic carbocycles. The highest BCUT2D eigenvalue weighted by Crippen LogP contribution is 2.36. The lowest BCUT2D eigenvalue weighted by molar-refractivity contribution is 0.313. The Balaban J connectivity index is 1.27. The lowest BCUT2D eigenvalue weighted by Crippen LogP contribution is -2.44. The predicted octanol–water partition coefficient (Wildman–Crippen LogP) is 5.94. The third kappa shape index (κ3) is 4.90. The van der Waals surface area contributed by atoms with Crippen molar-refractivity contribution in [3.05, 3.63) is 59.2 Å². The van der Waals surface area contributed by atoms with Gasteiger partial charge in [-0.05, 0) is 62.4 Å². The van der Waals surface area contributed by atoms with E-state index in [0.29, 0.717) is 12.0 Å². The summed E-state index contributed by atoms with van der Waals surface area (Å²) in [6, 6.07) is 17.1. The zero-order chi connectivity index (χ0) is 24.5. The number of halogens is 1. The minimum absolute atomic E-state index is 0.385. The Labute approximate surface area is 219 Å². The summed E-state index contributed by atoms with van der Waals surface area (Å²) in [5.74, 6) is 1.40. The second-order valence-electron chi connectivity index (χ2n) is 9.74. The van der Waals surface area contributed by atoms with E-state index < -0.39 is 0 Å². The molecule has 2 aromatic carbocycles. The fourth-order valence-electron chi connectivity index (χ4n) is 5.19. The first-order valence-electron chi connectivity index (χ1n) is 12.7. The molecule has 0 spiro atoms. The summed E-state index contributed by atoms with van der Waals surface area (Å²) in [6.07, 6.45) is 6.56. The monoisotopic (exact) mass is 546 g/mol. The molecule has 2 aromatic heterocycles. The molecule has 3 heterocycles. The van der Waals surface area contributed by atoms with Gasteiger partial charge in [0.25, 0.3) is 0 Å². The van der Waals surface area contributed by atoms with Crippen LogP contribution in [0.15, 0.2) is 59.2 Å². The molecule has 2 N–H and O–H groups in total. The van der Waals surface area contributed by atoms with E-state index in [1.807, 2.05) is 24.4 Å². The molecular weight excluding hydrogens is 516 g/mol. The molecule has 6 rings (SSSR count). The van der Waals surface area contributed by atoms with Gasteiger partial charge in [0.1, 0.15) is 5.52 Å². The number of imidazole rings is 1. The van der Waals surface area contributed by atoms with E-state index in [9.17, 15) is 0 Å². The fourth-order valence-corrected chi connectivity index (χ4v) is 5.59. The summed E-state index contributed by atoms with van der Waals surface area (Å²) < 4.78 is 3.30. The normalized spacial score (nSPS) is 17.1. The van der Waals surface area contributed by atoms with Crippen LogP contribution in [0.1, 0.15) is 31.7 Å². The Kier molecular flexibility index (Phi) is 6.50. The van der Waals surface area contributed by atoms with Gasteiger partial charge in [-0.25, -0.2) is 9.97 Å². The van der Waals surface area contributed by atoms with Gasteiger partial charge in [0.05, 0.1) is 6.20 Å². The van der Waals surface area contributed by atoms with Gasteiger partial charge in [-0.2, -0.15) is 4.98 Å². The quantitative estimate of drug-likeness (QED) is 0.309. The van der Waals surface area contributed by atoms with Gasteiger partial charge in [0.2, 0.25) is 11.9 Å². The van der Waals surface area contributed by atoms with Gasteiger partial charge in [0, 0.05) is 53.8 Å². The minimum atomic E-state index is 0.385. The number of benzene rings is 2. The van der Waals surface area contributed by atoms with Gasteiger partial charge < -0.3 is 20.4 Å². The molecule has 1 aliphatic heterocycles. The fraction of sp³-hybridized carbons (Fsp3) is 0.370. The number of aromatic nitrogens is 4. The Morgan fingerprint density at radius 2 is 1.67 bits per heavy atom. The summed E-state index contributed by atoms with van der Waals surface area (Å²) in [5, 5.41) is 6.92. The number of fused-ring (bicyclic) bond motifs is 1. The number of anilines is 5. The van der Waals surface area contributed by atoms with Crippen molar-refractivity contribution in [1.82, 2.24) is 24.4 Å². The van der Waals surface area contributed by atoms with Crippen LogP contribution in [0.3, 0.4) is 0 Å². The van der Waals surface area contributed by atoms with Crippen LogP contribution in [0.5, 0.6) is 0 Å². The Bertz CT molecular complexity index is 1340. The van der Waals surface area contributed by atoms with Gasteiger partial charge in [-0.3, -0.25) is 4.57 Å². The van der Waals surface area contributed by atoms with Crippen molar-refractivity contribution in [3.63, 3.8) is 0 Å². The van der Waals surface area contributed by atoms with Crippen molar-refractivity contribution in [1.29, 1.82) is 0 Å². The number of rotatable bonds is 6. The highest BCUT2D eigenvalue weighted by Gasteiger charge is 2.24. The average molecular weight is 548 g/mol. The minimum Gasteiger partial charge on any atom is -0.369 e. The lowest BCUT2D eigenvalue weighted by Gasteiger charge is -2.34. The van der Waals surface area contributed by atoms with Gasteiger partial charge >= 0.3 is 0 Å². The van der Waals surface area contributed by atoms with Crippen molar-refractivity contribution >= 4 is 56.1 Å². The van der Waals surface area contributed by atoms with Crippen LogP contribution in [-0.2, 0) is 0 Å². The van der Waals surface area contributed by atoms with Crippen LogP contribution in [0.4, 0.5) is 29.0 Å². The van der Waals surface area contributed by atoms with Crippen LogP contribution in [0.25, 0.3) is 11.2 Å². The average Bonchev–Trinajstić information content (AvgIpc) is 3.52. The molecule has 0 atom stereocenters. The van der Waals surface area contributed by atoms with Gasteiger partial charge in [-0.1, -0.05) is 34.8 Å². The topological polar surface area (TPSA) is 74.1 Å². The molecule has 2 fully saturated rings. The highest BCUT2D eigenvalue weighted by molar-refractivity contribution is 9.10. The van der Waals surface area contributed by atoms with Crippen LogP contribution in [-0.4, -0.2) is 57.6 Å². The number of nitrogens with one attached hydrogen (secondary N) is 2. The number of nitrogens with zero attached hydrogens (tertiary/aromatic N) is 6. The number of likely N-dealkylation sites (N-methyl/N-ethyl adjacent to an activating group) is 1. The zero-order valence-corrected chi connectivity index (χ0v) is 22.1. The van der Waals surface area contributed by atoms with Crippen LogP contribution >= 0.6 is 15.9 Å². The highest BCUT2D eigenvalue weighted by atomic mass is 79.9. The first-order chi connectivity index (χ1) is 17.6. The summed E-state index contributed by atoms with van der Waals surface area (Å²) in [7, 11) is 2.18. The smallest absolute Gasteiger partial charge is 0.229 e. The van der Waals surface area contributed by atoms with Crippen molar-refractivity contribution < 1.29 is 0 Å². The third-order valence-corrected chi connectivity index (χ3v) is 7.69. The second-order valence-corrected chi connectivity index (χ2v) is 10.7. The molecule has 0 amide bonds. The molecule has 1 saturated carbocycles. The van der Waals surface area contributed by atoms with Crippen LogP contribution in [0, 0.1) is 0 Å². The summed E-state index contributed by atoms with van der Waals surface area (Å²) in [6.45, 7) is 4.32. The van der Waals surface area contributed by atoms with E-state index in [0.717, 1.165) is 72.0 Å². The Hall–Kier alpha value is -3.17. The summed E-state index contributed by atoms with van der Waals surface area (Å²) >= 11 is 3.56. The van der Waals surface area contributed by atoms with Gasteiger partial charge in [-0.15, -0.1) is 0 Å². The predicted molar refractivity (Wildman–Crippen MR) is 150 cm³/mol. The summed E-state index contributed by atoms with van der Waals surface area (Å²) in [5.41, 5.74) is 4.89. The maximum atomic E-state index is 4.93. The van der Waals surface area contributed by atoms with E-state index >= 15 is 0 Å². The Morgan fingerprint density at radius 3 is 2.42 bits per heavy atom. The van der Waals surface area contributed by atoms with E-state index in [1.165, 1.54) is 18.5 Å². The zero-order valence-electron chi connectivity index (χ0n) is 20.5. The molecule has 36 heavy (non-hydrogen) atoms. The second kappa shape index (κ2) is 10.1. The van der Waals surface area contributed by atoms with Crippen molar-refractivity contribution in [3.8, 4) is 0 Å². The lowest BCUT2D eigenvalue weighted by atomic mass is 10.2. The first kappa shape index (κ1) is 23.2. The number of hydrogen-bond acceptors (Lipinski definition) is 7. The molecule has 0 radical (unpaired) electrons. The van der Waals surface area contributed by atoms with Crippen LogP contribution in [0.2, 0.25) is 0 Å². The van der Waals surface area contributed by atoms with E-state index in [2.05, 4.69) is 83.3 Å². The number of piperazine rings is 1. The SMILES string of the molecule is CN1CCN(c2ccc(Nc3ncc4nc(Nc5cccc(Br)c5)n(C5CCCC5)c4n3)cc2)CC1. The molecule has 0 bridgehead atoms. The van der Waals surface area contributed by atoms with E-state index in [-0.39, 0.29) is 0 Å². The van der Waals surface area contributed by atoms with Crippen molar-refractivity contribution in [2.75, 3.05) is 48.8 Å². The molecule has 2 aliphatic rings. The van der Waals surface area contributed by atoms with E-state index in [4.69, 9.17) is 9.97 Å². The first-order valence-corrected chi connectivity index (χ1v) is 13.5. The summed E-state index contributed by atoms with van der Waals surface area (Å²) in [4.78, 5) is 19.2. The third-order valence-electron chi connectivity index (χ3n) is 7.20. The molecular formula is C27H31BrN8. The molecule has 8 nitrogen and oxygen atoms in total. The molecule has 1 saturated heterocycles. The molecule has 4 aromatic rings. The Morgan fingerprint density at radius 1 is 0.889 bits per heavy atom. The van der Waals surface area contributed by atoms with E-state index in [1.54, 1.807) is 0 Å². The molecule has 186 valence electrons. The van der Waals surface area contributed by atoms with Crippen molar-refractivity contribution in [2.45, 2.75) is 31.7 Å². The largest absolute Gasteiger partial charge is 0.369 e.